The maximum absolute atomic E-state index is 12.2. The van der Waals surface area contributed by atoms with Gasteiger partial charge in [0.2, 0.25) is 5.78 Å². The standard InChI is InChI=1S/C12H13F3O2S.C2H6/c1-7(5-11(16)12(13,14)15)9-6-8(18)3-4-10(9)17-2;1-2/h3-4,6-7,18H,5H2,1-2H3;1-2H3. The molecule has 1 aromatic rings. The normalized spacial score (nSPS) is 12.2. The van der Waals surface area contributed by atoms with E-state index in [1.165, 1.54) is 7.11 Å². The lowest BCUT2D eigenvalue weighted by atomic mass is 9.94. The topological polar surface area (TPSA) is 26.3 Å². The molecule has 2 nitrogen and oxygen atoms in total. The molecule has 0 bridgehead atoms. The molecule has 0 saturated carbocycles. The summed E-state index contributed by atoms with van der Waals surface area (Å²) >= 11 is 4.12. The van der Waals surface area contributed by atoms with Crippen molar-refractivity contribution in [1.82, 2.24) is 0 Å². The molecule has 114 valence electrons. The molecule has 0 saturated heterocycles. The SMILES string of the molecule is CC.COc1ccc(S)cc1C(C)CC(=O)C(F)(F)F. The molecule has 0 aromatic heterocycles. The van der Waals surface area contributed by atoms with E-state index in [0.717, 1.165) is 0 Å². The van der Waals surface area contributed by atoms with Crippen molar-refractivity contribution in [3.05, 3.63) is 23.8 Å². The molecule has 0 fully saturated rings. The first kappa shape index (κ1) is 18.8. The third-order valence-corrected chi connectivity index (χ3v) is 2.83. The summed E-state index contributed by atoms with van der Waals surface area (Å²) in [7, 11) is 1.43. The van der Waals surface area contributed by atoms with E-state index in [2.05, 4.69) is 12.6 Å². The highest BCUT2D eigenvalue weighted by atomic mass is 32.1. The third kappa shape index (κ3) is 5.45. The van der Waals surface area contributed by atoms with Crippen LogP contribution in [0.4, 0.5) is 13.2 Å². The van der Waals surface area contributed by atoms with E-state index >= 15 is 0 Å². The molecule has 0 aliphatic carbocycles. The van der Waals surface area contributed by atoms with Crippen LogP contribution in [-0.2, 0) is 4.79 Å². The minimum Gasteiger partial charge on any atom is -0.496 e. The van der Waals surface area contributed by atoms with Crippen molar-refractivity contribution in [2.24, 2.45) is 0 Å². The van der Waals surface area contributed by atoms with Crippen molar-refractivity contribution in [2.45, 2.75) is 44.2 Å². The minimum absolute atomic E-state index is 0.454. The van der Waals surface area contributed by atoms with E-state index in [4.69, 9.17) is 4.74 Å². The zero-order valence-electron chi connectivity index (χ0n) is 11.9. The van der Waals surface area contributed by atoms with Gasteiger partial charge in [-0.3, -0.25) is 4.79 Å². The van der Waals surface area contributed by atoms with Gasteiger partial charge in [0.05, 0.1) is 7.11 Å². The Kier molecular flexibility index (Phi) is 7.71. The fourth-order valence-electron chi connectivity index (χ4n) is 1.61. The van der Waals surface area contributed by atoms with Gasteiger partial charge in [-0.05, 0) is 29.7 Å². The Morgan fingerprint density at radius 1 is 1.35 bits per heavy atom. The summed E-state index contributed by atoms with van der Waals surface area (Å²) in [6.07, 6.45) is -5.39. The number of carbonyl (C=O) groups is 1. The van der Waals surface area contributed by atoms with Gasteiger partial charge in [-0.25, -0.2) is 0 Å². The number of alkyl halides is 3. The van der Waals surface area contributed by atoms with Crippen LogP contribution in [0.1, 0.15) is 38.7 Å². The highest BCUT2D eigenvalue weighted by Gasteiger charge is 2.38. The van der Waals surface area contributed by atoms with Crippen molar-refractivity contribution in [1.29, 1.82) is 0 Å². The Hall–Kier alpha value is -1.17. The molecule has 0 aliphatic heterocycles. The summed E-state index contributed by atoms with van der Waals surface area (Å²) in [5, 5.41) is 0. The molecule has 1 unspecified atom stereocenters. The lowest BCUT2D eigenvalue weighted by Gasteiger charge is -2.16. The molecule has 0 heterocycles. The van der Waals surface area contributed by atoms with E-state index < -0.39 is 24.3 Å². The lowest BCUT2D eigenvalue weighted by molar-refractivity contribution is -0.171. The molecule has 6 heteroatoms. The van der Waals surface area contributed by atoms with E-state index in [-0.39, 0.29) is 0 Å². The Balaban J connectivity index is 0.00000172. The van der Waals surface area contributed by atoms with E-state index in [0.29, 0.717) is 16.2 Å². The molecule has 0 amide bonds. The second-order valence-corrected chi connectivity index (χ2v) is 4.47. The van der Waals surface area contributed by atoms with Crippen molar-refractivity contribution in [2.75, 3.05) is 7.11 Å². The van der Waals surface area contributed by atoms with Crippen LogP contribution < -0.4 is 4.74 Å². The fraction of sp³-hybridized carbons (Fsp3) is 0.500. The number of hydrogen-bond donors (Lipinski definition) is 1. The number of hydrogen-bond acceptors (Lipinski definition) is 3. The molecule has 1 aromatic carbocycles. The van der Waals surface area contributed by atoms with Crippen molar-refractivity contribution in [3.63, 3.8) is 0 Å². The average Bonchev–Trinajstić information content (AvgIpc) is 2.39. The molecule has 0 radical (unpaired) electrons. The fourth-order valence-corrected chi connectivity index (χ4v) is 1.82. The summed E-state index contributed by atoms with van der Waals surface area (Å²) in [4.78, 5) is 11.6. The van der Waals surface area contributed by atoms with E-state index in [9.17, 15) is 18.0 Å². The predicted molar refractivity (Wildman–Crippen MR) is 75.7 cm³/mol. The van der Waals surface area contributed by atoms with Gasteiger partial charge < -0.3 is 4.74 Å². The van der Waals surface area contributed by atoms with Crippen LogP contribution in [0.15, 0.2) is 23.1 Å². The number of thiol groups is 1. The summed E-state index contributed by atoms with van der Waals surface area (Å²) in [6.45, 7) is 5.55. The first-order chi connectivity index (χ1) is 9.25. The van der Waals surface area contributed by atoms with Gasteiger partial charge in [0.15, 0.2) is 0 Å². The van der Waals surface area contributed by atoms with Crippen molar-refractivity contribution >= 4 is 18.4 Å². The smallest absolute Gasteiger partial charge is 0.449 e. The Labute approximate surface area is 122 Å². The van der Waals surface area contributed by atoms with Gasteiger partial charge in [0.25, 0.3) is 0 Å². The number of rotatable bonds is 4. The molecular formula is C14H19F3O2S. The van der Waals surface area contributed by atoms with Crippen LogP contribution >= 0.6 is 12.6 Å². The maximum atomic E-state index is 12.2. The monoisotopic (exact) mass is 308 g/mol. The minimum atomic E-state index is -4.79. The zero-order chi connectivity index (χ0) is 15.9. The van der Waals surface area contributed by atoms with Gasteiger partial charge in [0.1, 0.15) is 5.75 Å². The number of Topliss-reactive ketones (excluding diaryl/α,β-unsaturated/α-hetero) is 1. The third-order valence-electron chi connectivity index (χ3n) is 2.55. The lowest BCUT2D eigenvalue weighted by Crippen LogP contribution is -2.24. The number of ketones is 1. The van der Waals surface area contributed by atoms with Crippen LogP contribution in [-0.4, -0.2) is 19.1 Å². The van der Waals surface area contributed by atoms with Crippen molar-refractivity contribution in [3.8, 4) is 5.75 Å². The number of methoxy groups -OCH3 is 1. The summed E-state index contributed by atoms with van der Waals surface area (Å²) in [6, 6.07) is 4.90. The summed E-state index contributed by atoms with van der Waals surface area (Å²) in [5.41, 5.74) is 0.544. The Morgan fingerprint density at radius 3 is 2.35 bits per heavy atom. The molecule has 1 atom stereocenters. The van der Waals surface area contributed by atoms with Gasteiger partial charge in [-0.1, -0.05) is 20.8 Å². The second kappa shape index (κ2) is 8.19. The van der Waals surface area contributed by atoms with Crippen LogP contribution in [0.3, 0.4) is 0 Å². The van der Waals surface area contributed by atoms with Gasteiger partial charge in [-0.15, -0.1) is 12.6 Å². The molecule has 20 heavy (non-hydrogen) atoms. The average molecular weight is 308 g/mol. The molecule has 0 spiro atoms. The first-order valence-corrected chi connectivity index (χ1v) is 6.67. The number of halogens is 3. The second-order valence-electron chi connectivity index (χ2n) is 3.95. The highest BCUT2D eigenvalue weighted by Crippen LogP contribution is 2.33. The first-order valence-electron chi connectivity index (χ1n) is 6.22. The summed E-state index contributed by atoms with van der Waals surface area (Å²) < 4.78 is 41.6. The van der Waals surface area contributed by atoms with Crippen molar-refractivity contribution < 1.29 is 22.7 Å². The molecule has 1 rings (SSSR count). The van der Waals surface area contributed by atoms with Gasteiger partial charge in [-0.2, -0.15) is 13.2 Å². The quantitative estimate of drug-likeness (QED) is 0.820. The summed E-state index contributed by atoms with van der Waals surface area (Å²) in [5.74, 6) is -1.86. The van der Waals surface area contributed by atoms with E-state index in [1.807, 2.05) is 13.8 Å². The van der Waals surface area contributed by atoms with Gasteiger partial charge >= 0.3 is 6.18 Å². The zero-order valence-corrected chi connectivity index (χ0v) is 12.8. The van der Waals surface area contributed by atoms with Crippen LogP contribution in [0.2, 0.25) is 0 Å². The number of ether oxygens (including phenoxy) is 1. The van der Waals surface area contributed by atoms with E-state index in [1.54, 1.807) is 25.1 Å². The maximum Gasteiger partial charge on any atom is 0.449 e. The molecule has 0 N–H and O–H groups in total. The van der Waals surface area contributed by atoms with Crippen LogP contribution in [0.5, 0.6) is 5.75 Å². The Morgan fingerprint density at radius 2 is 1.90 bits per heavy atom. The largest absolute Gasteiger partial charge is 0.496 e. The van der Waals surface area contributed by atoms with Crippen LogP contribution in [0, 0.1) is 0 Å². The number of benzene rings is 1. The molecular weight excluding hydrogens is 289 g/mol. The molecule has 0 aliphatic rings. The van der Waals surface area contributed by atoms with Gasteiger partial charge in [0, 0.05) is 11.3 Å². The highest BCUT2D eigenvalue weighted by molar-refractivity contribution is 7.80. The van der Waals surface area contributed by atoms with Crippen LogP contribution in [0.25, 0.3) is 0 Å². The predicted octanol–water partition coefficient (Wildman–Crippen LogP) is 4.64. The Bertz CT molecular complexity index is 445. The number of carbonyl (C=O) groups excluding carboxylic acids is 1.